The Balaban J connectivity index is 1.77. The van der Waals surface area contributed by atoms with E-state index < -0.39 is 11.8 Å². The van der Waals surface area contributed by atoms with Gasteiger partial charge in [-0.25, -0.2) is 9.78 Å². The molecular weight excluding hydrogens is 334 g/mol. The van der Waals surface area contributed by atoms with Gasteiger partial charge in [-0.2, -0.15) is 0 Å². The molecule has 1 saturated heterocycles. The fourth-order valence-corrected chi connectivity index (χ4v) is 2.48. The molecule has 3 N–H and O–H groups in total. The van der Waals surface area contributed by atoms with Crippen molar-refractivity contribution >= 4 is 35.3 Å². The number of aromatic nitrogens is 1. The number of pyridine rings is 1. The van der Waals surface area contributed by atoms with E-state index in [1.54, 1.807) is 11.0 Å². The van der Waals surface area contributed by atoms with Crippen molar-refractivity contribution in [1.29, 1.82) is 0 Å². The highest BCUT2D eigenvalue weighted by Crippen LogP contribution is 2.11. The Hall–Kier alpha value is -2.35. The fourth-order valence-electron chi connectivity index (χ4n) is 2.36. The molecule has 0 atom stereocenters. The first-order valence-electron chi connectivity index (χ1n) is 7.75. The van der Waals surface area contributed by atoms with Gasteiger partial charge in [0.1, 0.15) is 5.82 Å². The maximum Gasteiger partial charge on any atom is 0.317 e. The molecule has 1 fully saturated rings. The summed E-state index contributed by atoms with van der Waals surface area (Å²) < 4.78 is 0. The summed E-state index contributed by atoms with van der Waals surface area (Å²) >= 11 is 5.71. The van der Waals surface area contributed by atoms with Crippen molar-refractivity contribution < 1.29 is 14.4 Å². The SMILES string of the molecule is CCNC(=O)N1CCC(NC(=O)C(=O)Nc2ccc(Cl)cn2)CC1. The van der Waals surface area contributed by atoms with Crippen LogP contribution in [-0.2, 0) is 9.59 Å². The van der Waals surface area contributed by atoms with Gasteiger partial charge in [-0.05, 0) is 31.9 Å². The van der Waals surface area contributed by atoms with Gasteiger partial charge in [-0.1, -0.05) is 11.6 Å². The quantitative estimate of drug-likeness (QED) is 0.705. The predicted octanol–water partition coefficient (Wildman–Crippen LogP) is 0.984. The molecule has 2 rings (SSSR count). The Morgan fingerprint density at radius 2 is 1.96 bits per heavy atom. The van der Waals surface area contributed by atoms with Crippen LogP contribution in [0.2, 0.25) is 5.02 Å². The van der Waals surface area contributed by atoms with E-state index in [2.05, 4.69) is 20.9 Å². The largest absolute Gasteiger partial charge is 0.345 e. The number of nitrogens with zero attached hydrogens (tertiary/aromatic N) is 2. The zero-order valence-electron chi connectivity index (χ0n) is 13.3. The number of urea groups is 1. The first-order chi connectivity index (χ1) is 11.5. The van der Waals surface area contributed by atoms with Crippen LogP contribution in [-0.4, -0.2) is 53.4 Å². The molecule has 0 saturated carbocycles. The van der Waals surface area contributed by atoms with Gasteiger partial charge in [0.25, 0.3) is 0 Å². The van der Waals surface area contributed by atoms with E-state index >= 15 is 0 Å². The zero-order valence-corrected chi connectivity index (χ0v) is 14.1. The smallest absolute Gasteiger partial charge is 0.317 e. The lowest BCUT2D eigenvalue weighted by Crippen LogP contribution is -2.51. The van der Waals surface area contributed by atoms with Crippen molar-refractivity contribution in [3.8, 4) is 0 Å². The van der Waals surface area contributed by atoms with Crippen LogP contribution >= 0.6 is 11.6 Å². The lowest BCUT2D eigenvalue weighted by molar-refractivity contribution is -0.136. The number of piperidine rings is 1. The molecule has 1 aromatic rings. The number of carbonyl (C=O) groups excluding carboxylic acids is 3. The first-order valence-corrected chi connectivity index (χ1v) is 8.13. The van der Waals surface area contributed by atoms with Gasteiger partial charge in [-0.15, -0.1) is 0 Å². The first kappa shape index (κ1) is 18.0. The monoisotopic (exact) mass is 353 g/mol. The summed E-state index contributed by atoms with van der Waals surface area (Å²) in [6.07, 6.45) is 2.59. The summed E-state index contributed by atoms with van der Waals surface area (Å²) in [5.74, 6) is -1.25. The summed E-state index contributed by atoms with van der Waals surface area (Å²) in [4.78, 5) is 41.1. The molecule has 1 aliphatic rings. The van der Waals surface area contributed by atoms with Gasteiger partial charge < -0.3 is 20.9 Å². The van der Waals surface area contributed by atoms with Crippen LogP contribution in [0.15, 0.2) is 18.3 Å². The topological polar surface area (TPSA) is 103 Å². The number of amides is 4. The van der Waals surface area contributed by atoms with E-state index in [9.17, 15) is 14.4 Å². The lowest BCUT2D eigenvalue weighted by atomic mass is 10.1. The van der Waals surface area contributed by atoms with Crippen molar-refractivity contribution in [3.05, 3.63) is 23.4 Å². The summed E-state index contributed by atoms with van der Waals surface area (Å²) in [7, 11) is 0. The fraction of sp³-hybridized carbons (Fsp3) is 0.467. The normalized spacial score (nSPS) is 14.8. The molecule has 1 aromatic heterocycles. The van der Waals surface area contributed by atoms with E-state index in [1.165, 1.54) is 12.3 Å². The molecule has 4 amide bonds. The molecule has 24 heavy (non-hydrogen) atoms. The molecule has 0 spiro atoms. The molecule has 130 valence electrons. The van der Waals surface area contributed by atoms with Crippen LogP contribution in [0.1, 0.15) is 19.8 Å². The van der Waals surface area contributed by atoms with Crippen LogP contribution < -0.4 is 16.0 Å². The van der Waals surface area contributed by atoms with E-state index in [4.69, 9.17) is 11.6 Å². The van der Waals surface area contributed by atoms with Crippen molar-refractivity contribution in [2.45, 2.75) is 25.8 Å². The number of carbonyl (C=O) groups is 3. The molecule has 0 radical (unpaired) electrons. The third-order valence-electron chi connectivity index (χ3n) is 3.62. The number of anilines is 1. The summed E-state index contributed by atoms with van der Waals surface area (Å²) in [6, 6.07) is 2.85. The van der Waals surface area contributed by atoms with Gasteiger partial charge in [0.05, 0.1) is 5.02 Å². The average molecular weight is 354 g/mol. The Morgan fingerprint density at radius 1 is 1.25 bits per heavy atom. The van der Waals surface area contributed by atoms with Gasteiger partial charge in [-0.3, -0.25) is 9.59 Å². The van der Waals surface area contributed by atoms with Crippen molar-refractivity contribution in [3.63, 3.8) is 0 Å². The minimum Gasteiger partial charge on any atom is -0.345 e. The van der Waals surface area contributed by atoms with Gasteiger partial charge >= 0.3 is 17.8 Å². The Bertz CT molecular complexity index is 600. The molecule has 0 aromatic carbocycles. The molecule has 2 heterocycles. The highest BCUT2D eigenvalue weighted by molar-refractivity contribution is 6.39. The Labute approximate surface area is 144 Å². The standard InChI is InChI=1S/C15H20ClN5O3/c1-2-17-15(24)21-7-5-11(6-8-21)19-13(22)14(23)20-12-4-3-10(16)9-18-12/h3-4,9,11H,2,5-8H2,1H3,(H,17,24)(H,19,22)(H,18,20,23). The van der Waals surface area contributed by atoms with Gasteiger partial charge in [0, 0.05) is 31.9 Å². The van der Waals surface area contributed by atoms with Crippen LogP contribution in [0.25, 0.3) is 0 Å². The molecule has 0 bridgehead atoms. The van der Waals surface area contributed by atoms with Crippen LogP contribution in [0.3, 0.4) is 0 Å². The number of rotatable bonds is 3. The molecule has 1 aliphatic heterocycles. The third kappa shape index (κ3) is 5.09. The van der Waals surface area contributed by atoms with Crippen molar-refractivity contribution in [2.75, 3.05) is 25.0 Å². The zero-order chi connectivity index (χ0) is 17.5. The predicted molar refractivity (Wildman–Crippen MR) is 89.7 cm³/mol. The minimum atomic E-state index is -0.782. The van der Waals surface area contributed by atoms with Crippen LogP contribution in [0.5, 0.6) is 0 Å². The summed E-state index contributed by atoms with van der Waals surface area (Å²) in [5, 5.41) is 8.27. The van der Waals surface area contributed by atoms with E-state index in [0.717, 1.165) is 0 Å². The second-order valence-electron chi connectivity index (χ2n) is 5.39. The van der Waals surface area contributed by atoms with Gasteiger partial charge in [0.15, 0.2) is 0 Å². The van der Waals surface area contributed by atoms with Crippen molar-refractivity contribution in [2.24, 2.45) is 0 Å². The maximum absolute atomic E-state index is 11.9. The average Bonchev–Trinajstić information content (AvgIpc) is 2.57. The third-order valence-corrected chi connectivity index (χ3v) is 3.84. The number of hydrogen-bond donors (Lipinski definition) is 3. The second-order valence-corrected chi connectivity index (χ2v) is 5.82. The summed E-state index contributed by atoms with van der Waals surface area (Å²) in [6.45, 7) is 3.52. The molecule has 8 nitrogen and oxygen atoms in total. The Kier molecular flexibility index (Phi) is 6.36. The highest BCUT2D eigenvalue weighted by atomic mass is 35.5. The molecule has 0 aliphatic carbocycles. The van der Waals surface area contributed by atoms with Crippen LogP contribution in [0, 0.1) is 0 Å². The number of hydrogen-bond acceptors (Lipinski definition) is 4. The van der Waals surface area contributed by atoms with E-state index in [0.29, 0.717) is 37.5 Å². The second kappa shape index (κ2) is 8.49. The summed E-state index contributed by atoms with van der Waals surface area (Å²) in [5.41, 5.74) is 0. The maximum atomic E-state index is 11.9. The molecular formula is C15H20ClN5O3. The molecule has 9 heteroatoms. The van der Waals surface area contributed by atoms with Crippen molar-refractivity contribution in [1.82, 2.24) is 20.5 Å². The number of nitrogens with one attached hydrogen (secondary N) is 3. The Morgan fingerprint density at radius 3 is 2.54 bits per heavy atom. The lowest BCUT2D eigenvalue weighted by Gasteiger charge is -2.32. The minimum absolute atomic E-state index is 0.103. The molecule has 0 unspecified atom stereocenters. The van der Waals surface area contributed by atoms with Gasteiger partial charge in [0.2, 0.25) is 0 Å². The van der Waals surface area contributed by atoms with E-state index in [1.807, 2.05) is 6.92 Å². The number of halogens is 1. The van der Waals surface area contributed by atoms with E-state index in [-0.39, 0.29) is 17.9 Å². The van der Waals surface area contributed by atoms with Crippen LogP contribution in [0.4, 0.5) is 10.6 Å². The number of likely N-dealkylation sites (tertiary alicyclic amines) is 1. The highest BCUT2D eigenvalue weighted by Gasteiger charge is 2.25.